The second-order valence-electron chi connectivity index (χ2n) is 12.7. The molecule has 0 bridgehead atoms. The molecule has 0 aromatic heterocycles. The third-order valence-electron chi connectivity index (χ3n) is 9.55. The Bertz CT molecular complexity index is 2210. The summed E-state index contributed by atoms with van der Waals surface area (Å²) in [7, 11) is 0. The summed E-state index contributed by atoms with van der Waals surface area (Å²) in [6.45, 7) is 0. The highest BCUT2D eigenvalue weighted by molar-refractivity contribution is 5.81. The molecule has 0 saturated carbocycles. The van der Waals surface area contributed by atoms with E-state index in [-0.39, 0.29) is 5.54 Å². The predicted octanol–water partition coefficient (Wildman–Crippen LogP) is 12.8. The minimum absolute atomic E-state index is 0.365. The molecule has 1 N–H and O–H groups in total. The van der Waals surface area contributed by atoms with Crippen LogP contribution in [0.3, 0.4) is 0 Å². The smallest absolute Gasteiger partial charge is 0.0847 e. The van der Waals surface area contributed by atoms with Gasteiger partial charge in [0.15, 0.2) is 0 Å². The number of allylic oxidation sites excluding steroid dienone is 2. The van der Waals surface area contributed by atoms with Gasteiger partial charge in [0.2, 0.25) is 0 Å². The number of benzene rings is 7. The number of nitrogens with one attached hydrogen (secondary N) is 1. The summed E-state index contributed by atoms with van der Waals surface area (Å²) in [5, 5.41) is 3.88. The molecule has 0 heterocycles. The van der Waals surface area contributed by atoms with Gasteiger partial charge >= 0.3 is 0 Å². The fourth-order valence-electron chi connectivity index (χ4n) is 6.86. The average Bonchev–Trinajstić information content (AvgIpc) is 3.20. The lowest BCUT2D eigenvalue weighted by molar-refractivity contribution is 0.620. The molecule has 0 spiro atoms. The van der Waals surface area contributed by atoms with E-state index in [0.29, 0.717) is 0 Å². The van der Waals surface area contributed by atoms with Crippen molar-refractivity contribution in [2.75, 3.05) is 10.2 Å². The number of nitrogens with zero attached hydrogens (tertiary/aromatic N) is 1. The van der Waals surface area contributed by atoms with Crippen molar-refractivity contribution in [3.8, 4) is 22.3 Å². The van der Waals surface area contributed by atoms with Crippen LogP contribution in [0.1, 0.15) is 17.5 Å². The molecule has 7 aromatic rings. The van der Waals surface area contributed by atoms with Crippen LogP contribution in [0.15, 0.2) is 212 Å². The van der Waals surface area contributed by atoms with Gasteiger partial charge in [-0.1, -0.05) is 164 Å². The molecule has 1 atom stereocenters. The molecule has 0 aliphatic heterocycles. The van der Waals surface area contributed by atoms with Crippen LogP contribution in [0.5, 0.6) is 0 Å². The molecule has 0 amide bonds. The second-order valence-corrected chi connectivity index (χ2v) is 12.7. The topological polar surface area (TPSA) is 15.3 Å². The monoisotopic (exact) mass is 642 g/mol. The maximum Gasteiger partial charge on any atom is 0.0847 e. The minimum atomic E-state index is -0.365. The third kappa shape index (κ3) is 6.52. The molecule has 0 saturated heterocycles. The van der Waals surface area contributed by atoms with Crippen LogP contribution in [0.4, 0.5) is 22.7 Å². The molecular formula is C48H38N2. The minimum Gasteiger partial charge on any atom is -0.372 e. The summed E-state index contributed by atoms with van der Waals surface area (Å²) < 4.78 is 0. The van der Waals surface area contributed by atoms with Crippen LogP contribution >= 0.6 is 0 Å². The number of hydrogen-bond acceptors (Lipinski definition) is 2. The average molecular weight is 643 g/mol. The van der Waals surface area contributed by atoms with Gasteiger partial charge in [-0.25, -0.2) is 0 Å². The van der Waals surface area contributed by atoms with Gasteiger partial charge in [0.1, 0.15) is 0 Å². The second kappa shape index (κ2) is 14.0. The van der Waals surface area contributed by atoms with Gasteiger partial charge in [-0.05, 0) is 93.9 Å². The highest BCUT2D eigenvalue weighted by Gasteiger charge is 2.31. The van der Waals surface area contributed by atoms with Crippen LogP contribution in [0, 0.1) is 0 Å². The van der Waals surface area contributed by atoms with E-state index in [4.69, 9.17) is 0 Å². The largest absolute Gasteiger partial charge is 0.372 e. The number of hydrogen-bond donors (Lipinski definition) is 1. The lowest BCUT2D eigenvalue weighted by Crippen LogP contribution is -2.34. The van der Waals surface area contributed by atoms with E-state index >= 15 is 0 Å². The van der Waals surface area contributed by atoms with Gasteiger partial charge in [-0.2, -0.15) is 0 Å². The molecule has 1 unspecified atom stereocenters. The fourth-order valence-corrected chi connectivity index (χ4v) is 6.86. The summed E-state index contributed by atoms with van der Waals surface area (Å²) in [5.74, 6) is 0. The van der Waals surface area contributed by atoms with Crippen molar-refractivity contribution in [3.63, 3.8) is 0 Å². The van der Waals surface area contributed by atoms with Gasteiger partial charge in [0.05, 0.1) is 5.54 Å². The van der Waals surface area contributed by atoms with Crippen LogP contribution in [-0.4, -0.2) is 0 Å². The zero-order chi connectivity index (χ0) is 33.6. The fraction of sp³-hybridized carbons (Fsp3) is 0.0417. The summed E-state index contributed by atoms with van der Waals surface area (Å²) in [6, 6.07) is 69.0. The Morgan fingerprint density at radius 3 is 1.32 bits per heavy atom. The van der Waals surface area contributed by atoms with Crippen LogP contribution in [0.2, 0.25) is 0 Å². The van der Waals surface area contributed by atoms with Crippen molar-refractivity contribution in [2.24, 2.45) is 0 Å². The van der Waals surface area contributed by atoms with E-state index < -0.39 is 0 Å². The standard InChI is InChI=1S/C48H38N2/c1-5-13-37(14-6-1)39-21-27-43(28-22-39)48(49-44-17-9-3-10-18-44)35-33-42(34-36-48)41-25-31-47(32-26-41)50(45-19-11-4-12-20-45)46-29-23-40(24-30-46)38-15-7-2-8-16-38/h1-35,49H,36H2. The van der Waals surface area contributed by atoms with Crippen molar-refractivity contribution in [2.45, 2.75) is 12.0 Å². The first-order valence-electron chi connectivity index (χ1n) is 17.2. The van der Waals surface area contributed by atoms with Gasteiger partial charge < -0.3 is 10.2 Å². The van der Waals surface area contributed by atoms with Crippen LogP contribution in [0.25, 0.3) is 27.8 Å². The van der Waals surface area contributed by atoms with E-state index in [2.05, 4.69) is 223 Å². The van der Waals surface area contributed by atoms with Gasteiger partial charge in [0, 0.05) is 22.7 Å². The molecule has 8 rings (SSSR count). The molecule has 7 aromatic carbocycles. The van der Waals surface area contributed by atoms with Crippen molar-refractivity contribution in [1.82, 2.24) is 0 Å². The third-order valence-corrected chi connectivity index (χ3v) is 9.55. The predicted molar refractivity (Wildman–Crippen MR) is 212 cm³/mol. The Hall–Kier alpha value is -6.38. The van der Waals surface area contributed by atoms with Gasteiger partial charge in [0.25, 0.3) is 0 Å². The van der Waals surface area contributed by atoms with E-state index in [0.717, 1.165) is 29.2 Å². The molecule has 0 fully saturated rings. The van der Waals surface area contributed by atoms with Gasteiger partial charge in [-0.3, -0.25) is 0 Å². The molecule has 1 aliphatic rings. The molecule has 2 heteroatoms. The van der Waals surface area contributed by atoms with Gasteiger partial charge in [-0.15, -0.1) is 0 Å². The lowest BCUT2D eigenvalue weighted by Gasteiger charge is -2.35. The summed E-state index contributed by atoms with van der Waals surface area (Å²) in [5.41, 5.74) is 12.6. The zero-order valence-corrected chi connectivity index (χ0v) is 27.9. The summed E-state index contributed by atoms with van der Waals surface area (Å²) in [6.07, 6.45) is 7.81. The number of anilines is 4. The molecule has 2 nitrogen and oxygen atoms in total. The number of para-hydroxylation sites is 2. The van der Waals surface area contributed by atoms with E-state index in [1.54, 1.807) is 0 Å². The highest BCUT2D eigenvalue weighted by atomic mass is 15.1. The normalized spacial score (nSPS) is 15.2. The maximum atomic E-state index is 3.88. The maximum absolute atomic E-state index is 3.88. The van der Waals surface area contributed by atoms with Crippen molar-refractivity contribution >= 4 is 28.3 Å². The Balaban J connectivity index is 1.07. The SMILES string of the molecule is C1=CC(Nc2ccccc2)(c2ccc(-c3ccccc3)cc2)CC=C1c1ccc(N(c2ccccc2)c2ccc(-c3ccccc3)cc2)cc1. The van der Waals surface area contributed by atoms with Crippen molar-refractivity contribution < 1.29 is 0 Å². The Labute approximate surface area is 295 Å². The molecule has 240 valence electrons. The zero-order valence-electron chi connectivity index (χ0n) is 27.9. The molecule has 50 heavy (non-hydrogen) atoms. The van der Waals surface area contributed by atoms with E-state index in [1.165, 1.54) is 39.0 Å². The first-order valence-corrected chi connectivity index (χ1v) is 17.2. The van der Waals surface area contributed by atoms with Crippen LogP contribution < -0.4 is 10.2 Å². The lowest BCUT2D eigenvalue weighted by atomic mass is 9.80. The molecular weight excluding hydrogens is 605 g/mol. The quantitative estimate of drug-likeness (QED) is 0.169. The van der Waals surface area contributed by atoms with E-state index in [1.807, 2.05) is 0 Å². The molecule has 0 radical (unpaired) electrons. The van der Waals surface area contributed by atoms with Crippen LogP contribution in [-0.2, 0) is 5.54 Å². The van der Waals surface area contributed by atoms with Crippen molar-refractivity contribution in [3.05, 3.63) is 223 Å². The first kappa shape index (κ1) is 30.9. The Morgan fingerprint density at radius 2 is 0.820 bits per heavy atom. The van der Waals surface area contributed by atoms with Crippen molar-refractivity contribution in [1.29, 1.82) is 0 Å². The Kier molecular flexibility index (Phi) is 8.66. The summed E-state index contributed by atoms with van der Waals surface area (Å²) in [4.78, 5) is 2.32. The highest BCUT2D eigenvalue weighted by Crippen LogP contribution is 2.40. The first-order chi connectivity index (χ1) is 24.7. The Morgan fingerprint density at radius 1 is 0.400 bits per heavy atom. The van der Waals surface area contributed by atoms with E-state index in [9.17, 15) is 0 Å². The molecule has 1 aliphatic carbocycles. The summed E-state index contributed by atoms with van der Waals surface area (Å²) >= 11 is 0. The number of rotatable bonds is 9.